The quantitative estimate of drug-likeness (QED) is 0.600. The van der Waals surface area contributed by atoms with Gasteiger partial charge in [-0.1, -0.05) is 72.7 Å². The number of benzene rings is 1. The van der Waals surface area contributed by atoms with E-state index >= 15 is 0 Å². The summed E-state index contributed by atoms with van der Waals surface area (Å²) in [6.07, 6.45) is 5.43. The molecule has 0 bridgehead atoms. The number of amides is 1. The lowest BCUT2D eigenvalue weighted by Crippen LogP contribution is -2.39. The molecule has 0 aliphatic rings. The topological polar surface area (TPSA) is 38.1 Å². The molecule has 0 aliphatic heterocycles. The van der Waals surface area contributed by atoms with E-state index in [0.29, 0.717) is 5.92 Å². The van der Waals surface area contributed by atoms with E-state index in [0.717, 1.165) is 31.8 Å². The Balaban J connectivity index is 2.07. The van der Waals surface area contributed by atoms with Crippen LogP contribution in [-0.4, -0.2) is 33.6 Å². The fourth-order valence-electron chi connectivity index (χ4n) is 3.58. The molecule has 1 heterocycles. The fraction of sp³-hybridized carbons (Fsp3) is 0.583. The zero-order valence-corrected chi connectivity index (χ0v) is 18.7. The highest BCUT2D eigenvalue weighted by Crippen LogP contribution is 2.23. The minimum Gasteiger partial charge on any atom is -0.324 e. The molecule has 2 rings (SSSR count). The van der Waals surface area contributed by atoms with Gasteiger partial charge in [-0.15, -0.1) is 0 Å². The lowest BCUT2D eigenvalue weighted by Gasteiger charge is -2.27. The summed E-state index contributed by atoms with van der Waals surface area (Å²) >= 11 is 0. The molecule has 0 fully saturated rings. The van der Waals surface area contributed by atoms with E-state index in [1.165, 1.54) is 11.1 Å². The molecule has 1 aromatic heterocycles. The van der Waals surface area contributed by atoms with Gasteiger partial charge in [0.15, 0.2) is 0 Å². The highest BCUT2D eigenvalue weighted by molar-refractivity contribution is 5.77. The molecule has 0 saturated heterocycles. The van der Waals surface area contributed by atoms with Crippen molar-refractivity contribution in [2.75, 3.05) is 13.1 Å². The van der Waals surface area contributed by atoms with Gasteiger partial charge in [-0.2, -0.15) is 0 Å². The average molecular weight is 384 g/mol. The van der Waals surface area contributed by atoms with Gasteiger partial charge in [0.2, 0.25) is 0 Å². The first-order valence-corrected chi connectivity index (χ1v) is 10.5. The van der Waals surface area contributed by atoms with Crippen molar-refractivity contribution in [2.24, 2.45) is 5.92 Å². The summed E-state index contributed by atoms with van der Waals surface area (Å²) in [5, 5.41) is 0. The smallest absolute Gasteiger partial charge is 0.324 e. The Morgan fingerprint density at radius 3 is 2.32 bits per heavy atom. The van der Waals surface area contributed by atoms with E-state index in [4.69, 9.17) is 0 Å². The standard InChI is InChI=1S/C24H37N3O/c1-8-14-26(23(28)27-15-13-25-22(27)18(2)3)17-19(4)16-20-9-11-21(12-10-20)24(5,6)7/h9-13,15,18-19H,8,14,16-17H2,1-7H3. The highest BCUT2D eigenvalue weighted by Gasteiger charge is 2.21. The van der Waals surface area contributed by atoms with Crippen molar-refractivity contribution < 1.29 is 4.79 Å². The van der Waals surface area contributed by atoms with Crippen LogP contribution in [0.2, 0.25) is 0 Å². The SMILES string of the molecule is CCCN(CC(C)Cc1ccc(C(C)(C)C)cc1)C(=O)n1ccnc1C(C)C. The first kappa shape index (κ1) is 22.2. The first-order chi connectivity index (χ1) is 13.1. The maximum atomic E-state index is 13.1. The van der Waals surface area contributed by atoms with Gasteiger partial charge < -0.3 is 4.90 Å². The molecular weight excluding hydrogens is 346 g/mol. The van der Waals surface area contributed by atoms with E-state index < -0.39 is 0 Å². The van der Waals surface area contributed by atoms with Gasteiger partial charge in [-0.25, -0.2) is 9.78 Å². The molecule has 4 heteroatoms. The van der Waals surface area contributed by atoms with Gasteiger partial charge in [0, 0.05) is 31.4 Å². The molecule has 0 radical (unpaired) electrons. The Hall–Kier alpha value is -2.10. The van der Waals surface area contributed by atoms with Crippen LogP contribution in [-0.2, 0) is 11.8 Å². The molecule has 0 saturated carbocycles. The van der Waals surface area contributed by atoms with E-state index in [9.17, 15) is 4.79 Å². The van der Waals surface area contributed by atoms with Crippen LogP contribution in [0.5, 0.6) is 0 Å². The van der Waals surface area contributed by atoms with Gasteiger partial charge in [0.25, 0.3) is 0 Å². The average Bonchev–Trinajstić information content (AvgIpc) is 3.10. The van der Waals surface area contributed by atoms with Gasteiger partial charge in [-0.3, -0.25) is 4.57 Å². The Morgan fingerprint density at radius 1 is 1.14 bits per heavy atom. The summed E-state index contributed by atoms with van der Waals surface area (Å²) in [7, 11) is 0. The maximum absolute atomic E-state index is 13.1. The molecule has 1 atom stereocenters. The van der Waals surface area contributed by atoms with Crippen LogP contribution in [0.25, 0.3) is 0 Å². The zero-order valence-electron chi connectivity index (χ0n) is 18.7. The zero-order chi connectivity index (χ0) is 20.9. The lowest BCUT2D eigenvalue weighted by atomic mass is 9.86. The van der Waals surface area contributed by atoms with Gasteiger partial charge in [0.1, 0.15) is 5.82 Å². The third kappa shape index (κ3) is 5.70. The third-order valence-corrected chi connectivity index (χ3v) is 5.09. The van der Waals surface area contributed by atoms with Gasteiger partial charge in [-0.05, 0) is 35.3 Å². The molecule has 1 aromatic carbocycles. The van der Waals surface area contributed by atoms with Crippen LogP contribution in [0.1, 0.15) is 77.8 Å². The Morgan fingerprint density at radius 2 is 1.79 bits per heavy atom. The molecule has 28 heavy (non-hydrogen) atoms. The molecule has 0 N–H and O–H groups in total. The Kier molecular flexibility index (Phi) is 7.45. The van der Waals surface area contributed by atoms with Gasteiger partial charge in [0.05, 0.1) is 0 Å². The molecule has 154 valence electrons. The van der Waals surface area contributed by atoms with Crippen molar-refractivity contribution in [2.45, 2.75) is 72.6 Å². The minimum absolute atomic E-state index is 0.0398. The Bertz CT molecular complexity index is 753. The third-order valence-electron chi connectivity index (χ3n) is 5.09. The largest absolute Gasteiger partial charge is 0.329 e. The van der Waals surface area contributed by atoms with Crippen molar-refractivity contribution in [3.63, 3.8) is 0 Å². The molecule has 0 aliphatic carbocycles. The van der Waals surface area contributed by atoms with Crippen molar-refractivity contribution in [3.8, 4) is 0 Å². The van der Waals surface area contributed by atoms with Crippen LogP contribution in [0.15, 0.2) is 36.7 Å². The molecule has 1 amide bonds. The summed E-state index contributed by atoms with van der Waals surface area (Å²) in [5.41, 5.74) is 2.86. The van der Waals surface area contributed by atoms with E-state index in [2.05, 4.69) is 77.7 Å². The number of hydrogen-bond acceptors (Lipinski definition) is 2. The van der Waals surface area contributed by atoms with Crippen LogP contribution < -0.4 is 0 Å². The minimum atomic E-state index is 0.0398. The second kappa shape index (κ2) is 9.40. The normalized spacial score (nSPS) is 13.0. The predicted octanol–water partition coefficient (Wildman–Crippen LogP) is 5.86. The second-order valence-electron chi connectivity index (χ2n) is 9.29. The molecule has 2 aromatic rings. The maximum Gasteiger partial charge on any atom is 0.329 e. The second-order valence-corrected chi connectivity index (χ2v) is 9.29. The van der Waals surface area contributed by atoms with Crippen molar-refractivity contribution in [1.82, 2.24) is 14.5 Å². The van der Waals surface area contributed by atoms with Gasteiger partial charge >= 0.3 is 6.03 Å². The number of rotatable bonds is 7. The monoisotopic (exact) mass is 383 g/mol. The molecule has 1 unspecified atom stereocenters. The van der Waals surface area contributed by atoms with E-state index in [1.54, 1.807) is 17.0 Å². The number of nitrogens with zero attached hydrogens (tertiary/aromatic N) is 3. The fourth-order valence-corrected chi connectivity index (χ4v) is 3.58. The van der Waals surface area contributed by atoms with Crippen molar-refractivity contribution in [3.05, 3.63) is 53.6 Å². The number of imidazole rings is 1. The summed E-state index contributed by atoms with van der Waals surface area (Å²) in [5.74, 6) is 1.44. The lowest BCUT2D eigenvalue weighted by molar-refractivity contribution is 0.189. The Labute approximate surface area is 171 Å². The summed E-state index contributed by atoms with van der Waals surface area (Å²) in [6, 6.07) is 8.97. The molecular formula is C24H37N3O. The highest BCUT2D eigenvalue weighted by atomic mass is 16.2. The number of hydrogen-bond donors (Lipinski definition) is 0. The van der Waals surface area contributed by atoms with Crippen molar-refractivity contribution in [1.29, 1.82) is 0 Å². The van der Waals surface area contributed by atoms with Crippen LogP contribution >= 0.6 is 0 Å². The van der Waals surface area contributed by atoms with Crippen LogP contribution in [0, 0.1) is 5.92 Å². The summed E-state index contributed by atoms with van der Waals surface area (Å²) in [6.45, 7) is 16.7. The number of carbonyl (C=O) groups is 1. The molecule has 4 nitrogen and oxygen atoms in total. The predicted molar refractivity (Wildman–Crippen MR) is 117 cm³/mol. The number of carbonyl (C=O) groups excluding carboxylic acids is 1. The summed E-state index contributed by atoms with van der Waals surface area (Å²) < 4.78 is 1.71. The van der Waals surface area contributed by atoms with Crippen LogP contribution in [0.3, 0.4) is 0 Å². The van der Waals surface area contributed by atoms with E-state index in [1.807, 2.05) is 4.90 Å². The van der Waals surface area contributed by atoms with Crippen molar-refractivity contribution >= 4 is 6.03 Å². The van der Waals surface area contributed by atoms with Crippen LogP contribution in [0.4, 0.5) is 4.79 Å². The summed E-state index contributed by atoms with van der Waals surface area (Å²) in [4.78, 5) is 19.5. The van der Waals surface area contributed by atoms with E-state index in [-0.39, 0.29) is 17.4 Å². The first-order valence-electron chi connectivity index (χ1n) is 10.5. The number of aromatic nitrogens is 2. The molecule has 0 spiro atoms.